The predicted molar refractivity (Wildman–Crippen MR) is 138 cm³/mol. The molecule has 0 saturated carbocycles. The van der Waals surface area contributed by atoms with Crippen molar-refractivity contribution >= 4 is 75.3 Å². The molecule has 2 aliphatic heterocycles. The molecule has 2 aliphatic rings. The molecule has 2 amide bonds. The van der Waals surface area contributed by atoms with Gasteiger partial charge in [0.15, 0.2) is 10.8 Å². The number of carboxylic acids is 2. The largest absolute Gasteiger partial charge is 0.543 e. The number of carboxylic acid groups (broad SMARTS) is 2. The number of amides is 2. The lowest BCUT2D eigenvalue weighted by Crippen LogP contribution is -2.71. The van der Waals surface area contributed by atoms with E-state index in [1.807, 2.05) is 0 Å². The minimum absolute atomic E-state index is 0.00875. The molecule has 1 unspecified atom stereocenters. The van der Waals surface area contributed by atoms with Crippen molar-refractivity contribution in [3.05, 3.63) is 34.6 Å². The van der Waals surface area contributed by atoms with Gasteiger partial charge in [-0.3, -0.25) is 20.3 Å². The van der Waals surface area contributed by atoms with E-state index in [2.05, 4.69) is 20.4 Å². The highest BCUT2D eigenvalue weighted by molar-refractivity contribution is 8.01. The van der Waals surface area contributed by atoms with Crippen molar-refractivity contribution in [1.29, 1.82) is 0 Å². The maximum absolute atomic E-state index is 13.1. The summed E-state index contributed by atoms with van der Waals surface area (Å²) in [6.45, 7) is 1.21. The Morgan fingerprint density at radius 1 is 1.41 bits per heavy atom. The first-order valence-electron chi connectivity index (χ1n) is 10.9. The molecule has 1 saturated heterocycles. The van der Waals surface area contributed by atoms with E-state index in [1.165, 1.54) is 41.0 Å². The number of hydrogen-bond donors (Lipinski definition) is 5. The van der Waals surface area contributed by atoms with Gasteiger partial charge >= 0.3 is 11.1 Å². The fourth-order valence-corrected chi connectivity index (χ4v) is 6.40. The summed E-state index contributed by atoms with van der Waals surface area (Å²) in [7, 11) is 0. The number of hydrogen-bond acceptors (Lipinski definition) is 15. The molecule has 1 fully saturated rings. The van der Waals surface area contributed by atoms with Crippen molar-refractivity contribution in [1.82, 2.24) is 20.2 Å². The molecule has 0 spiro atoms. The quantitative estimate of drug-likeness (QED) is 0.0351. The summed E-state index contributed by atoms with van der Waals surface area (Å²) in [5.41, 5.74) is 11.0. The molecule has 0 aromatic carbocycles. The molecule has 4 heterocycles. The van der Waals surface area contributed by atoms with Crippen LogP contribution in [0.2, 0.25) is 0 Å². The van der Waals surface area contributed by atoms with E-state index < -0.39 is 47.0 Å². The summed E-state index contributed by atoms with van der Waals surface area (Å²) in [4.78, 5) is 63.2. The van der Waals surface area contributed by atoms with Crippen LogP contribution >= 0.6 is 34.9 Å². The summed E-state index contributed by atoms with van der Waals surface area (Å²) in [6, 6.07) is 0.397. The number of oxime groups is 1. The average molecular weight is 596 g/mol. The van der Waals surface area contributed by atoms with Crippen LogP contribution in [0.3, 0.4) is 0 Å². The molecule has 39 heavy (non-hydrogen) atoms. The van der Waals surface area contributed by atoms with E-state index in [9.17, 15) is 24.3 Å². The lowest BCUT2D eigenvalue weighted by atomic mass is 10.0. The number of thioether (sulfide) groups is 2. The molecule has 19 heteroatoms. The maximum atomic E-state index is 13.1. The number of carbonyl (C=O) groups excluding carboxylic acids is 3. The Morgan fingerprint density at radius 2 is 2.15 bits per heavy atom. The van der Waals surface area contributed by atoms with Gasteiger partial charge in [0.2, 0.25) is 11.9 Å². The number of nitrogen functional groups attached to an aromatic ring is 3. The van der Waals surface area contributed by atoms with Gasteiger partial charge in [-0.2, -0.15) is 0 Å². The van der Waals surface area contributed by atoms with Gasteiger partial charge in [-0.1, -0.05) is 5.16 Å². The minimum Gasteiger partial charge on any atom is -0.543 e. The van der Waals surface area contributed by atoms with Gasteiger partial charge in [-0.25, -0.2) is 9.78 Å². The predicted octanol–water partition coefficient (Wildman–Crippen LogP) is -2.91. The number of anilines is 2. The summed E-state index contributed by atoms with van der Waals surface area (Å²) >= 11 is 3.38. The number of carbonyl (C=O) groups is 4. The maximum Gasteiger partial charge on any atom is 0.384 e. The second-order valence-corrected chi connectivity index (χ2v) is 11.0. The standard InChI is InChI=1S/C20H21N9O7S3/c1-7(17(32)33)36-27-11(9-6-38-19(22)24-9)14(30)26-12-15(31)29-13(18(34)35)8(4-37-16(12)29)5-39-20-25-10(21)2-3-28(20)23/h2-3,6-7,12,16,21H,4-5,23H2,1H3,(H5,22,24,26,30,32,33,34,35)/b27-11-/t7-,12?,16+/m0/s1. The number of nitrogens with two attached hydrogens (primary N) is 3. The number of thiazole rings is 1. The third-order valence-electron chi connectivity index (χ3n) is 5.38. The molecule has 4 rings (SSSR count). The second-order valence-electron chi connectivity index (χ2n) is 8.03. The van der Waals surface area contributed by atoms with Gasteiger partial charge in [0, 0.05) is 23.0 Å². The summed E-state index contributed by atoms with van der Waals surface area (Å²) in [5, 5.41) is 28.3. The van der Waals surface area contributed by atoms with E-state index in [1.54, 1.807) is 0 Å². The van der Waals surface area contributed by atoms with Gasteiger partial charge in [0.05, 0.1) is 11.7 Å². The zero-order valence-electron chi connectivity index (χ0n) is 20.0. The topological polar surface area (TPSA) is 256 Å². The molecule has 2 aromatic heterocycles. The SMILES string of the molecule is C[C@H](O/N=C(\C(=O)NC1C(=O)N2C(C(=O)[O-])=C(CSc3nc(N)cc[n+]3N)CS[C@H]12)c1csc(N)n1)C(=O)O. The van der Waals surface area contributed by atoms with Crippen LogP contribution in [0, 0.1) is 0 Å². The highest BCUT2D eigenvalue weighted by Crippen LogP contribution is 2.41. The zero-order valence-corrected chi connectivity index (χ0v) is 22.4. The first kappa shape index (κ1) is 27.9. The first-order chi connectivity index (χ1) is 18.5. The molecule has 3 atom stereocenters. The normalized spacial score (nSPS) is 19.7. The lowest BCUT2D eigenvalue weighted by molar-refractivity contribution is -0.682. The summed E-state index contributed by atoms with van der Waals surface area (Å²) in [5.74, 6) is 1.97. The number of nitrogens with zero attached hydrogens (tertiary/aromatic N) is 5. The lowest BCUT2D eigenvalue weighted by Gasteiger charge is -2.50. The van der Waals surface area contributed by atoms with Crippen LogP contribution in [0.5, 0.6) is 0 Å². The molecular formula is C20H21N9O7S3. The van der Waals surface area contributed by atoms with Crippen molar-refractivity contribution in [2.75, 3.05) is 28.8 Å². The molecule has 0 radical (unpaired) electrons. The number of fused-ring (bicyclic) bond motifs is 1. The highest BCUT2D eigenvalue weighted by atomic mass is 32.2. The van der Waals surface area contributed by atoms with Crippen LogP contribution < -0.4 is 32.4 Å². The van der Waals surface area contributed by atoms with E-state index in [-0.39, 0.29) is 33.8 Å². The van der Waals surface area contributed by atoms with Gasteiger partial charge in [0.25, 0.3) is 11.8 Å². The van der Waals surface area contributed by atoms with Crippen LogP contribution in [0.25, 0.3) is 0 Å². The van der Waals surface area contributed by atoms with Crippen molar-refractivity contribution < 1.29 is 38.9 Å². The van der Waals surface area contributed by atoms with E-state index in [4.69, 9.17) is 27.3 Å². The molecular weight excluding hydrogens is 574 g/mol. The van der Waals surface area contributed by atoms with Crippen LogP contribution in [-0.4, -0.2) is 78.5 Å². The Morgan fingerprint density at radius 3 is 2.79 bits per heavy atom. The van der Waals surface area contributed by atoms with Crippen LogP contribution in [0.1, 0.15) is 12.6 Å². The Balaban J connectivity index is 1.51. The van der Waals surface area contributed by atoms with E-state index in [0.717, 1.165) is 28.0 Å². The van der Waals surface area contributed by atoms with Crippen molar-refractivity contribution in [2.45, 2.75) is 29.6 Å². The number of nitrogens with one attached hydrogen (secondary N) is 1. The third kappa shape index (κ3) is 5.83. The van der Waals surface area contributed by atoms with Crippen molar-refractivity contribution in [3.63, 3.8) is 0 Å². The summed E-state index contributed by atoms with van der Waals surface area (Å²) in [6.07, 6.45) is 0.128. The molecule has 0 bridgehead atoms. The second kappa shape index (κ2) is 11.3. The smallest absolute Gasteiger partial charge is 0.384 e. The summed E-state index contributed by atoms with van der Waals surface area (Å²) < 4.78 is 1.23. The number of β-lactam (4-membered cyclic amide) rings is 1. The van der Waals surface area contributed by atoms with E-state index >= 15 is 0 Å². The fraction of sp³-hybridized carbons (Fsp3) is 0.300. The Labute approximate surface area is 232 Å². The van der Waals surface area contributed by atoms with Gasteiger partial charge in [-0.15, -0.1) is 27.8 Å². The van der Waals surface area contributed by atoms with Crippen molar-refractivity contribution in [2.24, 2.45) is 5.16 Å². The third-order valence-corrected chi connectivity index (χ3v) is 8.45. The minimum atomic E-state index is -1.55. The average Bonchev–Trinajstić information content (AvgIpc) is 3.32. The first-order valence-corrected chi connectivity index (χ1v) is 13.8. The Kier molecular flexibility index (Phi) is 8.11. The molecule has 8 N–H and O–H groups in total. The van der Waals surface area contributed by atoms with Gasteiger partial charge in [-0.05, 0) is 29.2 Å². The number of rotatable bonds is 10. The Bertz CT molecular complexity index is 1410. The Hall–Kier alpha value is -4.10. The number of aromatic nitrogens is 3. The molecule has 206 valence electrons. The fourth-order valence-electron chi connectivity index (χ4n) is 3.45. The van der Waals surface area contributed by atoms with Crippen molar-refractivity contribution in [3.8, 4) is 0 Å². The molecule has 2 aromatic rings. The van der Waals surface area contributed by atoms with Gasteiger partial charge < -0.3 is 36.6 Å². The highest BCUT2D eigenvalue weighted by Gasteiger charge is 2.53. The van der Waals surface area contributed by atoms with Crippen LogP contribution in [-0.2, 0) is 24.0 Å². The monoisotopic (exact) mass is 595 g/mol. The van der Waals surface area contributed by atoms with Crippen LogP contribution in [0.4, 0.5) is 10.9 Å². The molecule has 0 aliphatic carbocycles. The number of aliphatic carboxylic acids is 2. The van der Waals surface area contributed by atoms with Gasteiger partial charge in [0.1, 0.15) is 23.3 Å². The van der Waals surface area contributed by atoms with Crippen LogP contribution in [0.15, 0.2) is 39.2 Å². The molecule has 16 nitrogen and oxygen atoms in total. The zero-order chi connectivity index (χ0) is 28.4. The van der Waals surface area contributed by atoms with E-state index in [0.29, 0.717) is 10.7 Å².